The minimum absolute atomic E-state index is 0.0223. The maximum absolute atomic E-state index is 13.6. The number of aromatic nitrogens is 1. The van der Waals surface area contributed by atoms with Gasteiger partial charge in [0.1, 0.15) is 5.69 Å². The molecule has 2 fully saturated rings. The number of anilines is 1. The lowest BCUT2D eigenvalue weighted by Crippen LogP contribution is -2.34. The molecular weight excluding hydrogens is 422 g/mol. The third kappa shape index (κ3) is 4.19. The third-order valence-electron chi connectivity index (χ3n) is 6.35. The van der Waals surface area contributed by atoms with Crippen LogP contribution < -0.4 is 4.90 Å². The molecule has 1 saturated heterocycles. The molecule has 1 saturated carbocycles. The molecule has 1 aliphatic heterocycles. The highest BCUT2D eigenvalue weighted by molar-refractivity contribution is 7.89. The van der Waals surface area contributed by atoms with E-state index in [4.69, 9.17) is 4.52 Å². The van der Waals surface area contributed by atoms with Crippen LogP contribution in [0.4, 0.5) is 5.88 Å². The summed E-state index contributed by atoms with van der Waals surface area (Å²) in [7, 11) is -3.63. The van der Waals surface area contributed by atoms with E-state index in [0.717, 1.165) is 61.2 Å². The second kappa shape index (κ2) is 8.71. The van der Waals surface area contributed by atoms with Crippen molar-refractivity contribution in [2.45, 2.75) is 56.5 Å². The van der Waals surface area contributed by atoms with Gasteiger partial charge in [0.2, 0.25) is 15.9 Å². The summed E-state index contributed by atoms with van der Waals surface area (Å²) in [4.78, 5) is 2.56. The van der Waals surface area contributed by atoms with Gasteiger partial charge in [0.15, 0.2) is 0 Å². The number of nitrogens with zero attached hydrogens (tertiary/aromatic N) is 3. The average molecular weight is 452 g/mol. The van der Waals surface area contributed by atoms with Gasteiger partial charge in [0.05, 0.1) is 10.5 Å². The Morgan fingerprint density at radius 3 is 2.34 bits per heavy atom. The van der Waals surface area contributed by atoms with Gasteiger partial charge in [-0.05, 0) is 51.2 Å². The van der Waals surface area contributed by atoms with E-state index in [1.54, 1.807) is 16.4 Å². The van der Waals surface area contributed by atoms with Crippen molar-refractivity contribution >= 4 is 15.9 Å². The lowest BCUT2D eigenvalue weighted by atomic mass is 10.1. The van der Waals surface area contributed by atoms with Gasteiger partial charge in [-0.25, -0.2) is 8.42 Å². The zero-order valence-corrected chi connectivity index (χ0v) is 19.2. The molecule has 0 bridgehead atoms. The SMILES string of the molecule is Cc1ccc(S(=O)(=O)N(Cc2c(-c3ccccc3)noc2N2CCCCC2)C2CC2)cc1. The summed E-state index contributed by atoms with van der Waals surface area (Å²) in [6.07, 6.45) is 5.19. The van der Waals surface area contributed by atoms with E-state index >= 15 is 0 Å². The molecule has 0 radical (unpaired) electrons. The van der Waals surface area contributed by atoms with Crippen LogP contribution in [-0.2, 0) is 16.6 Å². The van der Waals surface area contributed by atoms with Gasteiger partial charge in [-0.1, -0.05) is 53.2 Å². The van der Waals surface area contributed by atoms with E-state index in [1.807, 2.05) is 49.4 Å². The summed E-state index contributed by atoms with van der Waals surface area (Å²) in [5, 5.41) is 4.42. The van der Waals surface area contributed by atoms with Crippen molar-refractivity contribution in [3.8, 4) is 11.3 Å². The summed E-state index contributed by atoms with van der Waals surface area (Å²) >= 11 is 0. The summed E-state index contributed by atoms with van der Waals surface area (Å²) in [6.45, 7) is 4.04. The Kier molecular flexibility index (Phi) is 5.78. The van der Waals surface area contributed by atoms with E-state index in [1.165, 1.54) is 6.42 Å². The Bertz CT molecular complexity index is 1160. The van der Waals surface area contributed by atoms with Crippen molar-refractivity contribution in [3.05, 3.63) is 65.7 Å². The first-order valence-corrected chi connectivity index (χ1v) is 12.9. The van der Waals surface area contributed by atoms with Gasteiger partial charge < -0.3 is 9.42 Å². The number of hydrogen-bond acceptors (Lipinski definition) is 5. The van der Waals surface area contributed by atoms with Crippen molar-refractivity contribution in [1.29, 1.82) is 0 Å². The highest BCUT2D eigenvalue weighted by Crippen LogP contribution is 2.39. The number of hydrogen-bond donors (Lipinski definition) is 0. The van der Waals surface area contributed by atoms with Crippen LogP contribution in [0.1, 0.15) is 43.2 Å². The molecule has 7 heteroatoms. The topological polar surface area (TPSA) is 66.7 Å². The third-order valence-corrected chi connectivity index (χ3v) is 8.27. The molecule has 0 unspecified atom stereocenters. The van der Waals surface area contributed by atoms with Gasteiger partial charge in [0, 0.05) is 31.2 Å². The average Bonchev–Trinajstić information content (AvgIpc) is 3.57. The molecule has 2 aromatic carbocycles. The van der Waals surface area contributed by atoms with Crippen LogP contribution in [0.15, 0.2) is 64.0 Å². The molecule has 0 atom stereocenters. The molecule has 32 heavy (non-hydrogen) atoms. The largest absolute Gasteiger partial charge is 0.340 e. The second-order valence-electron chi connectivity index (χ2n) is 8.82. The van der Waals surface area contributed by atoms with Crippen LogP contribution in [-0.4, -0.2) is 37.0 Å². The van der Waals surface area contributed by atoms with Crippen molar-refractivity contribution in [2.75, 3.05) is 18.0 Å². The highest BCUT2D eigenvalue weighted by atomic mass is 32.2. The van der Waals surface area contributed by atoms with Gasteiger partial charge in [-0.2, -0.15) is 4.31 Å². The molecule has 2 heterocycles. The maximum Gasteiger partial charge on any atom is 0.243 e. The molecule has 0 spiro atoms. The molecule has 1 aliphatic carbocycles. The van der Waals surface area contributed by atoms with E-state index < -0.39 is 10.0 Å². The molecule has 2 aliphatic rings. The summed E-state index contributed by atoms with van der Waals surface area (Å²) < 4.78 is 34.8. The lowest BCUT2D eigenvalue weighted by Gasteiger charge is -2.28. The number of aryl methyl sites for hydroxylation is 1. The van der Waals surface area contributed by atoms with Crippen molar-refractivity contribution in [3.63, 3.8) is 0 Å². The van der Waals surface area contributed by atoms with Crippen LogP contribution in [0.2, 0.25) is 0 Å². The first-order chi connectivity index (χ1) is 15.5. The zero-order valence-electron chi connectivity index (χ0n) is 18.4. The molecule has 0 N–H and O–H groups in total. The van der Waals surface area contributed by atoms with Crippen molar-refractivity contribution < 1.29 is 12.9 Å². The normalized spacial score (nSPS) is 17.1. The number of benzene rings is 2. The Morgan fingerprint density at radius 1 is 1.00 bits per heavy atom. The fraction of sp³-hybridized carbons (Fsp3) is 0.400. The van der Waals surface area contributed by atoms with Gasteiger partial charge in [-0.15, -0.1) is 0 Å². The summed E-state index contributed by atoms with van der Waals surface area (Å²) in [6, 6.07) is 17.0. The predicted molar refractivity (Wildman–Crippen MR) is 125 cm³/mol. The fourth-order valence-electron chi connectivity index (χ4n) is 4.39. The van der Waals surface area contributed by atoms with Gasteiger partial charge in [0.25, 0.3) is 0 Å². The number of rotatable bonds is 7. The molecule has 1 aromatic heterocycles. The van der Waals surface area contributed by atoms with Crippen LogP contribution >= 0.6 is 0 Å². The first-order valence-electron chi connectivity index (χ1n) is 11.4. The highest BCUT2D eigenvalue weighted by Gasteiger charge is 2.40. The van der Waals surface area contributed by atoms with Crippen molar-refractivity contribution in [2.24, 2.45) is 0 Å². The minimum Gasteiger partial charge on any atom is -0.340 e. The summed E-state index contributed by atoms with van der Waals surface area (Å²) in [5.74, 6) is 0.716. The fourth-order valence-corrected chi connectivity index (χ4v) is 6.04. The van der Waals surface area contributed by atoms with Gasteiger partial charge in [-0.3, -0.25) is 0 Å². The molecular formula is C25H29N3O3S. The van der Waals surface area contributed by atoms with Crippen LogP contribution in [0.5, 0.6) is 0 Å². The maximum atomic E-state index is 13.6. The minimum atomic E-state index is -3.63. The van der Waals surface area contributed by atoms with E-state index in [0.29, 0.717) is 10.8 Å². The Hall–Kier alpha value is -2.64. The van der Waals surface area contributed by atoms with E-state index in [-0.39, 0.29) is 12.6 Å². The van der Waals surface area contributed by atoms with Crippen LogP contribution in [0, 0.1) is 6.92 Å². The number of sulfonamides is 1. The smallest absolute Gasteiger partial charge is 0.243 e. The predicted octanol–water partition coefficient (Wildman–Crippen LogP) is 4.99. The molecule has 0 amide bonds. The van der Waals surface area contributed by atoms with Crippen LogP contribution in [0.3, 0.4) is 0 Å². The van der Waals surface area contributed by atoms with Gasteiger partial charge >= 0.3 is 0 Å². The lowest BCUT2D eigenvalue weighted by molar-refractivity contribution is 0.387. The molecule has 6 nitrogen and oxygen atoms in total. The Labute approximate surface area is 189 Å². The summed E-state index contributed by atoms with van der Waals surface area (Å²) in [5.41, 5.74) is 3.58. The molecule has 5 rings (SSSR count). The number of piperidine rings is 1. The van der Waals surface area contributed by atoms with Crippen molar-refractivity contribution in [1.82, 2.24) is 9.46 Å². The Balaban J connectivity index is 1.56. The standard InChI is InChI=1S/C25H29N3O3S/c1-19-10-14-22(15-11-19)32(29,30)28(21-12-13-21)18-23-24(20-8-4-2-5-9-20)26-31-25(23)27-16-6-3-7-17-27/h2,4-5,8-11,14-15,21H,3,6-7,12-13,16-18H2,1H3. The quantitative estimate of drug-likeness (QED) is 0.506. The van der Waals surface area contributed by atoms with E-state index in [2.05, 4.69) is 10.1 Å². The second-order valence-corrected chi connectivity index (χ2v) is 10.7. The monoisotopic (exact) mass is 451 g/mol. The first kappa shape index (κ1) is 21.2. The molecule has 168 valence electrons. The Morgan fingerprint density at radius 2 is 1.69 bits per heavy atom. The van der Waals surface area contributed by atoms with Crippen LogP contribution in [0.25, 0.3) is 11.3 Å². The zero-order chi connectivity index (χ0) is 22.1. The molecule has 3 aromatic rings. The van der Waals surface area contributed by atoms with E-state index in [9.17, 15) is 8.42 Å².